The van der Waals surface area contributed by atoms with Gasteiger partial charge in [0.15, 0.2) is 0 Å². The highest BCUT2D eigenvalue weighted by Gasteiger charge is 2.31. The molecule has 1 fully saturated rings. The van der Waals surface area contributed by atoms with E-state index in [1.807, 2.05) is 53.4 Å². The number of carbonyl (C=O) groups excluding carboxylic acids is 1. The number of benzene rings is 2. The highest BCUT2D eigenvalue weighted by Crippen LogP contribution is 2.31. The van der Waals surface area contributed by atoms with Gasteiger partial charge in [-0.05, 0) is 49.1 Å². The lowest BCUT2D eigenvalue weighted by Gasteiger charge is -2.23. The Hall–Kier alpha value is -3.02. The Bertz CT molecular complexity index is 886. The monoisotopic (exact) mass is 364 g/mol. The van der Waals surface area contributed by atoms with Crippen molar-refractivity contribution in [2.45, 2.75) is 25.3 Å². The van der Waals surface area contributed by atoms with Gasteiger partial charge in [-0.2, -0.15) is 0 Å². The van der Waals surface area contributed by atoms with Crippen LogP contribution in [0.2, 0.25) is 0 Å². The summed E-state index contributed by atoms with van der Waals surface area (Å²) in [6.45, 7) is 1.37. The first-order chi connectivity index (χ1) is 13.2. The topological polar surface area (TPSA) is 70.2 Å². The number of hydrogen-bond donors (Lipinski definition) is 2. The summed E-state index contributed by atoms with van der Waals surface area (Å²) in [5.41, 5.74) is 3.13. The number of carbonyl (C=O) groups is 1. The van der Waals surface area contributed by atoms with Gasteiger partial charge in [-0.3, -0.25) is 0 Å². The summed E-state index contributed by atoms with van der Waals surface area (Å²) < 4.78 is 5.17. The molecule has 1 atom stereocenters. The third-order valence-electron chi connectivity index (χ3n) is 5.09. The molecule has 0 aliphatic carbocycles. The molecule has 0 unspecified atom stereocenters. The zero-order valence-electron chi connectivity index (χ0n) is 15.4. The number of ether oxygens (including phenoxy) is 1. The molecule has 2 N–H and O–H groups in total. The molecule has 0 radical (unpaired) electrons. The smallest absolute Gasteiger partial charge is 0.318 e. The molecule has 6 heteroatoms. The Morgan fingerprint density at radius 2 is 2.07 bits per heavy atom. The predicted molar refractivity (Wildman–Crippen MR) is 105 cm³/mol. The molecule has 0 spiro atoms. The van der Waals surface area contributed by atoms with Crippen molar-refractivity contribution in [2.24, 2.45) is 0 Å². The number of nitrogens with zero attached hydrogens (tertiary/aromatic N) is 2. The second-order valence-electron chi connectivity index (χ2n) is 6.82. The lowest BCUT2D eigenvalue weighted by atomic mass is 10.1. The summed E-state index contributed by atoms with van der Waals surface area (Å²) in [6, 6.07) is 15.9. The molecular weight excluding hydrogens is 340 g/mol. The van der Waals surface area contributed by atoms with E-state index < -0.39 is 0 Å². The SMILES string of the molecule is COc1ccc(CCNC(=O)N2CCC[C@@H]2c2nc3ccccc3[nH]2)cc1. The van der Waals surface area contributed by atoms with Crippen molar-refractivity contribution in [3.63, 3.8) is 0 Å². The molecule has 6 nitrogen and oxygen atoms in total. The summed E-state index contributed by atoms with van der Waals surface area (Å²) >= 11 is 0. The summed E-state index contributed by atoms with van der Waals surface area (Å²) in [6.07, 6.45) is 2.72. The number of rotatable bonds is 5. The minimum absolute atomic E-state index is 0.0124. The molecule has 4 rings (SSSR count). The zero-order valence-corrected chi connectivity index (χ0v) is 15.4. The van der Waals surface area contributed by atoms with E-state index >= 15 is 0 Å². The number of imidazole rings is 1. The maximum Gasteiger partial charge on any atom is 0.318 e. The second-order valence-corrected chi connectivity index (χ2v) is 6.82. The summed E-state index contributed by atoms with van der Waals surface area (Å²) in [5, 5.41) is 3.05. The van der Waals surface area contributed by atoms with Gasteiger partial charge >= 0.3 is 6.03 Å². The minimum Gasteiger partial charge on any atom is -0.497 e. The van der Waals surface area contributed by atoms with Crippen LogP contribution in [-0.2, 0) is 6.42 Å². The van der Waals surface area contributed by atoms with Crippen molar-refractivity contribution < 1.29 is 9.53 Å². The lowest BCUT2D eigenvalue weighted by molar-refractivity contribution is 0.191. The molecule has 1 aliphatic rings. The number of hydrogen-bond acceptors (Lipinski definition) is 3. The van der Waals surface area contributed by atoms with Gasteiger partial charge in [0.05, 0.1) is 24.2 Å². The number of nitrogens with one attached hydrogen (secondary N) is 2. The fourth-order valence-electron chi connectivity index (χ4n) is 3.63. The Morgan fingerprint density at radius 3 is 2.85 bits per heavy atom. The van der Waals surface area contributed by atoms with Crippen LogP contribution >= 0.6 is 0 Å². The number of aromatic amines is 1. The maximum absolute atomic E-state index is 12.7. The van der Waals surface area contributed by atoms with Crippen molar-refractivity contribution in [3.8, 4) is 5.75 Å². The second kappa shape index (κ2) is 7.70. The number of amides is 2. The largest absolute Gasteiger partial charge is 0.497 e. The molecule has 1 aromatic heterocycles. The Kier molecular flexibility index (Phi) is 4.96. The van der Waals surface area contributed by atoms with E-state index in [0.29, 0.717) is 6.54 Å². The highest BCUT2D eigenvalue weighted by atomic mass is 16.5. The molecule has 1 aliphatic heterocycles. The quantitative estimate of drug-likeness (QED) is 0.726. The van der Waals surface area contributed by atoms with E-state index in [1.54, 1.807) is 7.11 Å². The third kappa shape index (κ3) is 3.74. The van der Waals surface area contributed by atoms with Gasteiger partial charge in [-0.15, -0.1) is 0 Å². The zero-order chi connectivity index (χ0) is 18.6. The van der Waals surface area contributed by atoms with Crippen LogP contribution in [0.1, 0.15) is 30.3 Å². The van der Waals surface area contributed by atoms with Crippen LogP contribution < -0.4 is 10.1 Å². The fraction of sp³-hybridized carbons (Fsp3) is 0.333. The Labute approximate surface area is 158 Å². The highest BCUT2D eigenvalue weighted by molar-refractivity contribution is 5.77. The van der Waals surface area contributed by atoms with Gasteiger partial charge in [0, 0.05) is 13.1 Å². The van der Waals surface area contributed by atoms with Gasteiger partial charge in [-0.1, -0.05) is 24.3 Å². The van der Waals surface area contributed by atoms with Crippen molar-refractivity contribution in [2.75, 3.05) is 20.2 Å². The summed E-state index contributed by atoms with van der Waals surface area (Å²) in [5.74, 6) is 1.72. The van der Waals surface area contributed by atoms with Crippen molar-refractivity contribution in [3.05, 3.63) is 59.9 Å². The first-order valence-corrected chi connectivity index (χ1v) is 9.36. The number of urea groups is 1. The Balaban J connectivity index is 1.37. The summed E-state index contributed by atoms with van der Waals surface area (Å²) in [4.78, 5) is 22.6. The van der Waals surface area contributed by atoms with Gasteiger partial charge in [0.25, 0.3) is 0 Å². The summed E-state index contributed by atoms with van der Waals surface area (Å²) in [7, 11) is 1.66. The molecule has 0 saturated carbocycles. The average Bonchev–Trinajstić information content (AvgIpc) is 3.35. The van der Waals surface area contributed by atoms with Crippen LogP contribution in [0.25, 0.3) is 11.0 Å². The molecular formula is C21H24N4O2. The van der Waals surface area contributed by atoms with E-state index in [2.05, 4.69) is 15.3 Å². The fourth-order valence-corrected chi connectivity index (χ4v) is 3.63. The van der Waals surface area contributed by atoms with E-state index in [9.17, 15) is 4.79 Å². The van der Waals surface area contributed by atoms with Crippen LogP contribution in [-0.4, -0.2) is 41.1 Å². The number of fused-ring (bicyclic) bond motifs is 1. The van der Waals surface area contributed by atoms with Gasteiger partial charge in [0.1, 0.15) is 11.6 Å². The van der Waals surface area contributed by atoms with Crippen LogP contribution in [0.4, 0.5) is 4.79 Å². The number of methoxy groups -OCH3 is 1. The van der Waals surface area contributed by atoms with Gasteiger partial charge in [-0.25, -0.2) is 9.78 Å². The maximum atomic E-state index is 12.7. The normalized spacial score (nSPS) is 16.6. The van der Waals surface area contributed by atoms with Gasteiger partial charge < -0.3 is 19.9 Å². The number of likely N-dealkylation sites (tertiary alicyclic amines) is 1. The van der Waals surface area contributed by atoms with Crippen LogP contribution in [0, 0.1) is 0 Å². The molecule has 140 valence electrons. The Morgan fingerprint density at radius 1 is 1.26 bits per heavy atom. The average molecular weight is 364 g/mol. The van der Waals surface area contributed by atoms with Crippen LogP contribution in [0.15, 0.2) is 48.5 Å². The van der Waals surface area contributed by atoms with E-state index in [4.69, 9.17) is 4.74 Å². The lowest BCUT2D eigenvalue weighted by Crippen LogP contribution is -2.40. The minimum atomic E-state index is -0.0218. The van der Waals surface area contributed by atoms with E-state index in [0.717, 1.165) is 48.4 Å². The van der Waals surface area contributed by atoms with Crippen molar-refractivity contribution in [1.29, 1.82) is 0 Å². The van der Waals surface area contributed by atoms with Crippen LogP contribution in [0.5, 0.6) is 5.75 Å². The predicted octanol–water partition coefficient (Wildman–Crippen LogP) is 3.66. The van der Waals surface area contributed by atoms with E-state index in [-0.39, 0.29) is 12.1 Å². The standard InChI is InChI=1S/C21H24N4O2/c1-27-16-10-8-15(9-11-16)12-13-22-21(26)25-14-4-7-19(25)20-23-17-5-2-3-6-18(17)24-20/h2-3,5-6,8-11,19H,4,7,12-14H2,1H3,(H,22,26)(H,23,24)/t19-/m1/s1. The molecule has 2 heterocycles. The first-order valence-electron chi connectivity index (χ1n) is 9.36. The molecule has 2 aromatic carbocycles. The molecule has 2 amide bonds. The number of H-pyrrole nitrogens is 1. The van der Waals surface area contributed by atoms with Crippen LogP contribution in [0.3, 0.4) is 0 Å². The van der Waals surface area contributed by atoms with Crippen molar-refractivity contribution in [1.82, 2.24) is 20.2 Å². The molecule has 3 aromatic rings. The molecule has 27 heavy (non-hydrogen) atoms. The third-order valence-corrected chi connectivity index (χ3v) is 5.09. The van der Waals surface area contributed by atoms with E-state index in [1.165, 1.54) is 5.56 Å². The number of para-hydroxylation sites is 2. The molecule has 0 bridgehead atoms. The molecule has 1 saturated heterocycles. The first kappa shape index (κ1) is 17.4. The van der Waals surface area contributed by atoms with Gasteiger partial charge in [0.2, 0.25) is 0 Å². The van der Waals surface area contributed by atoms with Crippen molar-refractivity contribution >= 4 is 17.1 Å². The number of aromatic nitrogens is 2.